The standard InChI is InChI=1S/C4H4BBrNS/c1-5-4-7-3(6)2-8-4/h2H,1H3. The lowest BCUT2D eigenvalue weighted by Crippen LogP contribution is -2.07. The molecule has 0 aliphatic rings. The predicted octanol–water partition coefficient (Wildman–Crippen LogP) is 1.28. The third-order valence-corrected chi connectivity index (χ3v) is 2.36. The second kappa shape index (κ2) is 2.64. The maximum Gasteiger partial charge on any atom is 0.188 e. The monoisotopic (exact) mass is 188 g/mol. The fourth-order valence-electron chi connectivity index (χ4n) is 0.400. The molecule has 41 valence electrons. The van der Waals surface area contributed by atoms with E-state index in [0.29, 0.717) is 0 Å². The Morgan fingerprint density at radius 2 is 2.62 bits per heavy atom. The Hall–Kier alpha value is 0.175. The van der Waals surface area contributed by atoms with Crippen LogP contribution in [0, 0.1) is 0 Å². The van der Waals surface area contributed by atoms with Crippen LogP contribution in [0.4, 0.5) is 0 Å². The van der Waals surface area contributed by atoms with E-state index < -0.39 is 0 Å². The third kappa shape index (κ3) is 1.32. The minimum atomic E-state index is 0.926. The maximum absolute atomic E-state index is 4.11. The predicted molar refractivity (Wildman–Crippen MR) is 41.1 cm³/mol. The van der Waals surface area contributed by atoms with E-state index >= 15 is 0 Å². The molecule has 0 N–H and O–H groups in total. The van der Waals surface area contributed by atoms with Crippen molar-refractivity contribution < 1.29 is 0 Å². The highest BCUT2D eigenvalue weighted by Crippen LogP contribution is 2.05. The van der Waals surface area contributed by atoms with E-state index in [9.17, 15) is 0 Å². The van der Waals surface area contributed by atoms with E-state index in [1.165, 1.54) is 0 Å². The Bertz CT molecular complexity index is 176. The molecule has 0 aliphatic carbocycles. The number of aromatic nitrogens is 1. The van der Waals surface area contributed by atoms with E-state index in [4.69, 9.17) is 0 Å². The molecule has 1 aromatic heterocycles. The van der Waals surface area contributed by atoms with E-state index in [0.717, 1.165) is 9.51 Å². The highest BCUT2D eigenvalue weighted by atomic mass is 79.9. The van der Waals surface area contributed by atoms with Gasteiger partial charge in [0.1, 0.15) is 4.60 Å². The summed E-state index contributed by atoms with van der Waals surface area (Å²) in [6.45, 7) is 1.98. The fourth-order valence-corrected chi connectivity index (χ4v) is 1.55. The van der Waals surface area contributed by atoms with Crippen molar-refractivity contribution in [3.05, 3.63) is 9.98 Å². The number of nitrogens with zero attached hydrogens (tertiary/aromatic N) is 1. The van der Waals surface area contributed by atoms with Crippen molar-refractivity contribution in [2.24, 2.45) is 0 Å². The van der Waals surface area contributed by atoms with Gasteiger partial charge in [-0.15, -0.1) is 11.3 Å². The fraction of sp³-hybridized carbons (Fsp3) is 0.250. The first-order valence-electron chi connectivity index (χ1n) is 2.23. The van der Waals surface area contributed by atoms with Crippen molar-refractivity contribution in [3.8, 4) is 0 Å². The summed E-state index contributed by atoms with van der Waals surface area (Å²) in [4.78, 5) is 5.18. The Balaban J connectivity index is 2.84. The summed E-state index contributed by atoms with van der Waals surface area (Å²) >= 11 is 4.89. The van der Waals surface area contributed by atoms with Gasteiger partial charge in [0.05, 0.1) is 0 Å². The van der Waals surface area contributed by atoms with E-state index in [-0.39, 0.29) is 0 Å². The lowest BCUT2D eigenvalue weighted by Gasteiger charge is -1.76. The molecule has 0 amide bonds. The minimum Gasteiger partial charge on any atom is -0.246 e. The summed E-state index contributed by atoms with van der Waals surface area (Å²) in [5.74, 6) is 0. The highest BCUT2D eigenvalue weighted by molar-refractivity contribution is 9.10. The molecule has 1 nitrogen and oxygen atoms in total. The van der Waals surface area contributed by atoms with Crippen LogP contribution in [-0.2, 0) is 0 Å². The van der Waals surface area contributed by atoms with Gasteiger partial charge in [-0.25, -0.2) is 4.98 Å². The third-order valence-electron chi connectivity index (χ3n) is 0.741. The first-order valence-corrected chi connectivity index (χ1v) is 3.90. The molecule has 1 heterocycles. The topological polar surface area (TPSA) is 12.9 Å². The molecule has 0 unspecified atom stereocenters. The molecule has 0 atom stereocenters. The van der Waals surface area contributed by atoms with Crippen LogP contribution >= 0.6 is 27.3 Å². The van der Waals surface area contributed by atoms with Crippen LogP contribution in [0.15, 0.2) is 9.98 Å². The van der Waals surface area contributed by atoms with Crippen molar-refractivity contribution in [2.75, 3.05) is 0 Å². The largest absolute Gasteiger partial charge is 0.246 e. The van der Waals surface area contributed by atoms with E-state index in [1.54, 1.807) is 11.3 Å². The average molecular weight is 189 g/mol. The van der Waals surface area contributed by atoms with Gasteiger partial charge in [0.15, 0.2) is 7.28 Å². The van der Waals surface area contributed by atoms with Crippen LogP contribution in [0.2, 0.25) is 6.82 Å². The molecule has 1 radical (unpaired) electrons. The van der Waals surface area contributed by atoms with Crippen LogP contribution in [-0.4, -0.2) is 12.3 Å². The summed E-state index contributed by atoms with van der Waals surface area (Å²) in [6, 6.07) is 0. The van der Waals surface area contributed by atoms with Crippen molar-refractivity contribution in [1.82, 2.24) is 4.98 Å². The molecule has 0 spiro atoms. The number of hydrogen-bond donors (Lipinski definition) is 0. The maximum atomic E-state index is 4.11. The quantitative estimate of drug-likeness (QED) is 0.606. The van der Waals surface area contributed by atoms with Crippen LogP contribution in [0.5, 0.6) is 0 Å². The normalized spacial score (nSPS) is 9.25. The Morgan fingerprint density at radius 1 is 1.88 bits per heavy atom. The van der Waals surface area contributed by atoms with Gasteiger partial charge in [0.25, 0.3) is 0 Å². The van der Waals surface area contributed by atoms with Gasteiger partial charge in [-0.05, 0) is 15.9 Å². The average Bonchev–Trinajstić information content (AvgIpc) is 2.14. The van der Waals surface area contributed by atoms with Gasteiger partial charge in [-0.3, -0.25) is 0 Å². The molecule has 1 rings (SSSR count). The van der Waals surface area contributed by atoms with Crippen molar-refractivity contribution in [2.45, 2.75) is 6.82 Å². The molecule has 1 aromatic rings. The van der Waals surface area contributed by atoms with Crippen molar-refractivity contribution >= 4 is 39.5 Å². The van der Waals surface area contributed by atoms with Gasteiger partial charge >= 0.3 is 0 Å². The zero-order valence-electron chi connectivity index (χ0n) is 4.39. The van der Waals surface area contributed by atoms with Crippen LogP contribution < -0.4 is 4.91 Å². The molecule has 0 saturated heterocycles. The summed E-state index contributed by atoms with van der Waals surface area (Å²) in [5.41, 5.74) is 0. The lowest BCUT2D eigenvalue weighted by molar-refractivity contribution is 1.41. The number of hydrogen-bond acceptors (Lipinski definition) is 2. The summed E-state index contributed by atoms with van der Waals surface area (Å²) in [7, 11) is 1.98. The van der Waals surface area contributed by atoms with Crippen LogP contribution in [0.1, 0.15) is 0 Å². The van der Waals surface area contributed by atoms with Gasteiger partial charge < -0.3 is 0 Å². The van der Waals surface area contributed by atoms with Crippen LogP contribution in [0.3, 0.4) is 0 Å². The molecule has 8 heavy (non-hydrogen) atoms. The second-order valence-corrected chi connectivity index (χ2v) is 3.00. The Morgan fingerprint density at radius 3 is 2.88 bits per heavy atom. The summed E-state index contributed by atoms with van der Waals surface area (Å²) in [5, 5.41) is 1.97. The molecule has 0 aromatic carbocycles. The zero-order chi connectivity index (χ0) is 5.98. The Kier molecular flexibility index (Phi) is 2.08. The second-order valence-electron chi connectivity index (χ2n) is 1.30. The Labute approximate surface area is 61.5 Å². The molecular formula is C4H4BBrNS. The molecule has 0 fully saturated rings. The lowest BCUT2D eigenvalue weighted by atomic mass is 9.84. The summed E-state index contributed by atoms with van der Waals surface area (Å²) < 4.78 is 0.926. The molecule has 0 saturated carbocycles. The van der Waals surface area contributed by atoms with E-state index in [1.807, 2.05) is 19.5 Å². The molecule has 0 aliphatic heterocycles. The highest BCUT2D eigenvalue weighted by Gasteiger charge is 1.93. The van der Waals surface area contributed by atoms with Gasteiger partial charge in [-0.2, -0.15) is 0 Å². The van der Waals surface area contributed by atoms with Crippen LogP contribution in [0.25, 0.3) is 0 Å². The molecule has 0 bridgehead atoms. The van der Waals surface area contributed by atoms with Gasteiger partial charge in [-0.1, -0.05) is 6.82 Å². The number of rotatable bonds is 1. The van der Waals surface area contributed by atoms with Gasteiger partial charge in [0, 0.05) is 10.3 Å². The molecule has 4 heteroatoms. The van der Waals surface area contributed by atoms with Gasteiger partial charge in [0.2, 0.25) is 0 Å². The first-order chi connectivity index (χ1) is 3.83. The SMILES string of the molecule is C[B]c1nc(Br)cs1. The number of halogens is 1. The summed E-state index contributed by atoms with van der Waals surface area (Å²) in [6.07, 6.45) is 0. The van der Waals surface area contributed by atoms with Crippen molar-refractivity contribution in [1.29, 1.82) is 0 Å². The first kappa shape index (κ1) is 6.30. The zero-order valence-corrected chi connectivity index (χ0v) is 6.79. The molecular weight excluding hydrogens is 185 g/mol. The van der Waals surface area contributed by atoms with E-state index in [2.05, 4.69) is 20.9 Å². The minimum absolute atomic E-state index is 0.926. The smallest absolute Gasteiger partial charge is 0.188 e. The number of thiazole rings is 1. The van der Waals surface area contributed by atoms with Crippen molar-refractivity contribution in [3.63, 3.8) is 0 Å².